The fourth-order valence-electron chi connectivity index (χ4n) is 3.68. The molecule has 0 bridgehead atoms. The van der Waals surface area contributed by atoms with Crippen molar-refractivity contribution in [3.05, 3.63) is 59.7 Å². The molecule has 1 heterocycles. The van der Waals surface area contributed by atoms with Crippen LogP contribution in [0, 0.1) is 0 Å². The van der Waals surface area contributed by atoms with Crippen molar-refractivity contribution in [2.75, 3.05) is 5.32 Å². The van der Waals surface area contributed by atoms with Crippen molar-refractivity contribution in [2.45, 2.75) is 58.8 Å². The zero-order chi connectivity index (χ0) is 18.9. The number of rotatable bonds is 5. The molecule has 0 saturated heterocycles. The molecular weight excluding hydrogens is 324 g/mol. The first kappa shape index (κ1) is 18.3. The van der Waals surface area contributed by atoms with Gasteiger partial charge in [0.05, 0.1) is 11.7 Å². The van der Waals surface area contributed by atoms with Crippen LogP contribution in [0.3, 0.4) is 0 Å². The molecule has 0 spiro atoms. The van der Waals surface area contributed by atoms with E-state index in [-0.39, 0.29) is 18.1 Å². The lowest BCUT2D eigenvalue weighted by molar-refractivity contribution is 0.0390. The molecule has 1 amide bonds. The number of carbonyl (C=O) groups is 1. The fourth-order valence-corrected chi connectivity index (χ4v) is 3.68. The second kappa shape index (κ2) is 7.02. The largest absolute Gasteiger partial charge is 0.491 e. The summed E-state index contributed by atoms with van der Waals surface area (Å²) < 4.78 is 6.07. The number of nitrogens with zero attached hydrogens (tertiary/aromatic N) is 1. The van der Waals surface area contributed by atoms with Gasteiger partial charge in [0.2, 0.25) is 0 Å². The van der Waals surface area contributed by atoms with E-state index in [0.29, 0.717) is 5.56 Å². The summed E-state index contributed by atoms with van der Waals surface area (Å²) in [6, 6.07) is 15.8. The Labute approximate surface area is 156 Å². The summed E-state index contributed by atoms with van der Waals surface area (Å²) in [6.45, 7) is 10.3. The van der Waals surface area contributed by atoms with Gasteiger partial charge in [0.1, 0.15) is 11.4 Å². The van der Waals surface area contributed by atoms with Crippen molar-refractivity contribution in [2.24, 2.45) is 0 Å². The maximum Gasteiger partial charge on any atom is 0.258 e. The zero-order valence-electron chi connectivity index (χ0n) is 16.2. The summed E-state index contributed by atoms with van der Waals surface area (Å²) in [6.07, 6.45) is 0.932. The van der Waals surface area contributed by atoms with Crippen LogP contribution in [-0.4, -0.2) is 23.0 Å². The van der Waals surface area contributed by atoms with Crippen molar-refractivity contribution >= 4 is 11.6 Å². The molecule has 1 aliphatic rings. The topological polar surface area (TPSA) is 41.6 Å². The number of ether oxygens (including phenoxy) is 1. The molecule has 2 unspecified atom stereocenters. The maximum absolute atomic E-state index is 13.4. The van der Waals surface area contributed by atoms with E-state index in [1.54, 1.807) is 0 Å². The predicted octanol–water partition coefficient (Wildman–Crippen LogP) is 5.01. The average Bonchev–Trinajstić information content (AvgIpc) is 2.61. The highest BCUT2D eigenvalue weighted by atomic mass is 16.5. The third-order valence-corrected chi connectivity index (χ3v) is 5.04. The molecule has 4 heteroatoms. The second-order valence-electron chi connectivity index (χ2n) is 7.34. The number of hydrogen-bond donors (Lipinski definition) is 1. The Morgan fingerprint density at radius 1 is 1.08 bits per heavy atom. The van der Waals surface area contributed by atoms with Gasteiger partial charge in [-0.05, 0) is 52.3 Å². The molecule has 26 heavy (non-hydrogen) atoms. The maximum atomic E-state index is 13.4. The first-order valence-electron chi connectivity index (χ1n) is 9.35. The molecule has 0 aliphatic carbocycles. The number of amides is 1. The van der Waals surface area contributed by atoms with Gasteiger partial charge in [-0.2, -0.15) is 0 Å². The van der Waals surface area contributed by atoms with Crippen molar-refractivity contribution in [1.29, 1.82) is 0 Å². The van der Waals surface area contributed by atoms with E-state index < -0.39 is 5.66 Å². The predicted molar refractivity (Wildman–Crippen MR) is 106 cm³/mol. The highest BCUT2D eigenvalue weighted by molar-refractivity contribution is 6.02. The minimum Gasteiger partial charge on any atom is -0.491 e. The van der Waals surface area contributed by atoms with Crippen LogP contribution in [0.5, 0.6) is 5.75 Å². The summed E-state index contributed by atoms with van der Waals surface area (Å²) in [5.74, 6) is 0.855. The molecule has 0 saturated carbocycles. The van der Waals surface area contributed by atoms with Crippen LogP contribution in [0.15, 0.2) is 48.5 Å². The highest BCUT2D eigenvalue weighted by Crippen LogP contribution is 2.42. The van der Waals surface area contributed by atoms with Gasteiger partial charge in [0.15, 0.2) is 0 Å². The first-order chi connectivity index (χ1) is 12.4. The molecule has 3 rings (SSSR count). The quantitative estimate of drug-likeness (QED) is 0.822. The Morgan fingerprint density at radius 2 is 1.73 bits per heavy atom. The first-order valence-corrected chi connectivity index (χ1v) is 9.35. The van der Waals surface area contributed by atoms with Crippen molar-refractivity contribution in [3.8, 4) is 5.75 Å². The highest BCUT2D eigenvalue weighted by Gasteiger charge is 2.45. The Balaban J connectivity index is 2.18. The van der Waals surface area contributed by atoms with Gasteiger partial charge in [-0.25, -0.2) is 0 Å². The van der Waals surface area contributed by atoms with Crippen LogP contribution in [0.25, 0.3) is 0 Å². The van der Waals surface area contributed by atoms with Crippen molar-refractivity contribution in [3.63, 3.8) is 0 Å². The fraction of sp³-hybridized carbons (Fsp3) is 0.409. The van der Waals surface area contributed by atoms with Gasteiger partial charge in [0, 0.05) is 17.3 Å². The number of fused-ring (bicyclic) bond motifs is 1. The third kappa shape index (κ3) is 3.05. The third-order valence-electron chi connectivity index (χ3n) is 5.04. The van der Waals surface area contributed by atoms with Crippen LogP contribution >= 0.6 is 0 Å². The zero-order valence-corrected chi connectivity index (χ0v) is 16.2. The monoisotopic (exact) mass is 352 g/mol. The number of nitrogens with one attached hydrogen (secondary N) is 1. The lowest BCUT2D eigenvalue weighted by atomic mass is 9.91. The van der Waals surface area contributed by atoms with Crippen LogP contribution in [0.1, 0.15) is 57.0 Å². The standard InChI is InChI=1S/C22H28N2O2/c1-6-16(4)24-21(25)17-11-7-9-13-19(17)23-22(24,5)18-12-8-10-14-20(18)26-15(2)3/h7-16,23H,6H2,1-5H3. The van der Waals surface area contributed by atoms with E-state index in [1.807, 2.05) is 67.3 Å². The molecule has 2 aromatic rings. The van der Waals surface area contributed by atoms with Gasteiger partial charge >= 0.3 is 0 Å². The lowest BCUT2D eigenvalue weighted by Crippen LogP contribution is -2.59. The molecule has 138 valence electrons. The minimum absolute atomic E-state index is 0.0514. The van der Waals surface area contributed by atoms with Crippen molar-refractivity contribution in [1.82, 2.24) is 4.90 Å². The molecule has 2 aromatic carbocycles. The normalized spacial score (nSPS) is 20.5. The molecule has 0 fully saturated rings. The van der Waals surface area contributed by atoms with Crippen LogP contribution in [0.4, 0.5) is 5.69 Å². The molecule has 0 aromatic heterocycles. The van der Waals surface area contributed by atoms with E-state index >= 15 is 0 Å². The molecule has 2 atom stereocenters. The summed E-state index contributed by atoms with van der Waals surface area (Å²) in [7, 11) is 0. The molecule has 4 nitrogen and oxygen atoms in total. The van der Waals surface area contributed by atoms with Gasteiger partial charge in [-0.3, -0.25) is 4.79 Å². The lowest BCUT2D eigenvalue weighted by Gasteiger charge is -2.49. The summed E-state index contributed by atoms with van der Waals surface area (Å²) in [5, 5.41) is 3.62. The Morgan fingerprint density at radius 3 is 2.42 bits per heavy atom. The Kier molecular flexibility index (Phi) is 4.94. The molecule has 0 radical (unpaired) electrons. The van der Waals surface area contributed by atoms with Gasteiger partial charge < -0.3 is 15.0 Å². The summed E-state index contributed by atoms with van der Waals surface area (Å²) in [5.41, 5.74) is 1.86. The van der Waals surface area contributed by atoms with Crippen molar-refractivity contribution < 1.29 is 9.53 Å². The van der Waals surface area contributed by atoms with Gasteiger partial charge in [-0.1, -0.05) is 37.3 Å². The summed E-state index contributed by atoms with van der Waals surface area (Å²) >= 11 is 0. The number of hydrogen-bond acceptors (Lipinski definition) is 3. The smallest absolute Gasteiger partial charge is 0.258 e. The number of benzene rings is 2. The van der Waals surface area contributed by atoms with Gasteiger partial charge in [0.25, 0.3) is 5.91 Å². The minimum atomic E-state index is -0.688. The van der Waals surface area contributed by atoms with E-state index in [4.69, 9.17) is 4.74 Å². The number of carbonyl (C=O) groups excluding carboxylic acids is 1. The number of anilines is 1. The van der Waals surface area contributed by atoms with Crippen LogP contribution < -0.4 is 10.1 Å². The average molecular weight is 352 g/mol. The summed E-state index contributed by atoms with van der Waals surface area (Å²) in [4.78, 5) is 15.3. The Hall–Kier alpha value is -2.49. The van der Waals surface area contributed by atoms with Crippen LogP contribution in [-0.2, 0) is 5.66 Å². The van der Waals surface area contributed by atoms with Gasteiger partial charge in [-0.15, -0.1) is 0 Å². The SMILES string of the molecule is CCC(C)N1C(=O)c2ccccc2NC1(C)c1ccccc1OC(C)C. The van der Waals surface area contributed by atoms with E-state index in [9.17, 15) is 4.79 Å². The van der Waals surface area contributed by atoms with E-state index in [0.717, 1.165) is 23.4 Å². The molecule has 1 aliphatic heterocycles. The Bertz CT molecular complexity index is 802. The van der Waals surface area contributed by atoms with E-state index in [2.05, 4.69) is 26.1 Å². The number of para-hydroxylation sites is 2. The molecule has 1 N–H and O–H groups in total. The van der Waals surface area contributed by atoms with E-state index in [1.165, 1.54) is 0 Å². The van der Waals surface area contributed by atoms with Crippen LogP contribution in [0.2, 0.25) is 0 Å². The molecular formula is C22H28N2O2. The second-order valence-corrected chi connectivity index (χ2v) is 7.34.